The Balaban J connectivity index is 2.43. The van der Waals surface area contributed by atoms with Gasteiger partial charge in [-0.1, -0.05) is 13.8 Å². The lowest BCUT2D eigenvalue weighted by Crippen LogP contribution is -2.39. The van der Waals surface area contributed by atoms with Crippen LogP contribution in [0.25, 0.3) is 0 Å². The van der Waals surface area contributed by atoms with Gasteiger partial charge >= 0.3 is 6.00 Å². The minimum Gasteiger partial charge on any atom is -0.125 e. The zero-order chi connectivity index (χ0) is 9.91. The molecule has 2 bridgehead atoms. The fraction of sp³-hybridized carbons (Fsp3) is 1.00. The first-order valence-electron chi connectivity index (χ1n) is 4.88. The molecule has 0 amide bonds. The van der Waals surface area contributed by atoms with Crippen molar-refractivity contribution in [1.29, 1.82) is 0 Å². The van der Waals surface area contributed by atoms with Crippen molar-refractivity contribution in [2.45, 2.75) is 44.6 Å². The van der Waals surface area contributed by atoms with E-state index in [4.69, 9.17) is 33.2 Å². The average Bonchev–Trinajstić information content (AvgIpc) is 2.38. The lowest BCUT2D eigenvalue weighted by Gasteiger charge is -2.42. The Hall–Kier alpha value is 1.09. The Bertz CT molecular complexity index is 224. The Labute approximate surface area is 95.1 Å². The highest BCUT2D eigenvalue weighted by Gasteiger charge is 2.68. The summed E-state index contributed by atoms with van der Waals surface area (Å²) in [5.41, 5.74) is 0.268. The van der Waals surface area contributed by atoms with Crippen LogP contribution in [0.4, 0.5) is 0 Å². The normalized spacial score (nSPS) is 42.7. The van der Waals surface area contributed by atoms with Crippen molar-refractivity contribution in [2.24, 2.45) is 11.3 Å². The minimum atomic E-state index is -2.55. The molecule has 0 atom stereocenters. The quantitative estimate of drug-likeness (QED) is 0.475. The van der Waals surface area contributed by atoms with Crippen LogP contribution >= 0.6 is 33.2 Å². The van der Waals surface area contributed by atoms with Gasteiger partial charge in [0.05, 0.1) is 0 Å². The summed E-state index contributed by atoms with van der Waals surface area (Å²) < 4.78 is 0. The molecule has 2 aliphatic rings. The van der Waals surface area contributed by atoms with Crippen molar-refractivity contribution in [3.63, 3.8) is 0 Å². The van der Waals surface area contributed by atoms with Gasteiger partial charge in [0.1, 0.15) is 0 Å². The molecular formula is C9H15Cl3Si. The number of hydrogen-bond donors (Lipinski definition) is 0. The molecule has 0 radical (unpaired) electrons. The van der Waals surface area contributed by atoms with Gasteiger partial charge in [0, 0.05) is 5.04 Å². The molecule has 0 saturated heterocycles. The van der Waals surface area contributed by atoms with Crippen LogP contribution in [0.15, 0.2) is 0 Å². The first-order chi connectivity index (χ1) is 5.81. The fourth-order valence-corrected chi connectivity index (χ4v) is 9.20. The SMILES string of the molecule is CC1(C)C2CCC1([Si](Cl)(Cl)Cl)CC2. The molecular weight excluding hydrogens is 243 g/mol. The second-order valence-corrected chi connectivity index (χ2v) is 13.9. The standard InChI is InChI=1S/C9H15Cl3Si/c1-8(2)7-3-5-9(8,6-4-7)13(10,11)12/h7H,3-6H2,1-2H3. The predicted molar refractivity (Wildman–Crippen MR) is 61.7 cm³/mol. The third kappa shape index (κ3) is 1.17. The monoisotopic (exact) mass is 256 g/mol. The predicted octanol–water partition coefficient (Wildman–Crippen LogP) is 4.61. The van der Waals surface area contributed by atoms with Crippen LogP contribution in [0.1, 0.15) is 39.5 Å². The molecule has 2 fully saturated rings. The highest BCUT2D eigenvalue weighted by molar-refractivity contribution is 7.65. The third-order valence-electron chi connectivity index (χ3n) is 4.64. The van der Waals surface area contributed by atoms with Crippen LogP contribution in [0.2, 0.25) is 5.04 Å². The highest BCUT2D eigenvalue weighted by Crippen LogP contribution is 2.76. The lowest BCUT2D eigenvalue weighted by molar-refractivity contribution is 0.269. The van der Waals surface area contributed by atoms with Crippen LogP contribution in [0.5, 0.6) is 0 Å². The van der Waals surface area contributed by atoms with Crippen LogP contribution < -0.4 is 0 Å². The summed E-state index contributed by atoms with van der Waals surface area (Å²) in [5, 5.41) is 0.0787. The highest BCUT2D eigenvalue weighted by atomic mass is 35.8. The Morgan fingerprint density at radius 1 is 1.08 bits per heavy atom. The van der Waals surface area contributed by atoms with Gasteiger partial charge in [-0.25, -0.2) is 0 Å². The minimum absolute atomic E-state index is 0.0787. The van der Waals surface area contributed by atoms with E-state index in [1.807, 2.05) is 0 Å². The van der Waals surface area contributed by atoms with E-state index in [-0.39, 0.29) is 10.5 Å². The van der Waals surface area contributed by atoms with Crippen molar-refractivity contribution in [3.05, 3.63) is 0 Å². The summed E-state index contributed by atoms with van der Waals surface area (Å²) in [4.78, 5) is 0. The second-order valence-electron chi connectivity index (χ2n) is 5.08. The van der Waals surface area contributed by atoms with Crippen molar-refractivity contribution in [1.82, 2.24) is 0 Å². The number of hydrogen-bond acceptors (Lipinski definition) is 0. The van der Waals surface area contributed by atoms with Gasteiger partial charge in [0.2, 0.25) is 0 Å². The van der Waals surface area contributed by atoms with Gasteiger partial charge in [-0.3, -0.25) is 0 Å². The third-order valence-corrected chi connectivity index (χ3v) is 10.1. The molecule has 0 aromatic heterocycles. The van der Waals surface area contributed by atoms with Gasteiger partial charge < -0.3 is 0 Å². The maximum Gasteiger partial charge on any atom is 0.347 e. The van der Waals surface area contributed by atoms with E-state index in [0.29, 0.717) is 0 Å². The van der Waals surface area contributed by atoms with E-state index >= 15 is 0 Å². The molecule has 0 aliphatic heterocycles. The Morgan fingerprint density at radius 2 is 1.54 bits per heavy atom. The molecule has 0 nitrogen and oxygen atoms in total. The van der Waals surface area contributed by atoms with Gasteiger partial charge in [-0.05, 0) is 37.0 Å². The molecule has 76 valence electrons. The van der Waals surface area contributed by atoms with E-state index in [0.717, 1.165) is 18.8 Å². The Morgan fingerprint density at radius 3 is 1.69 bits per heavy atom. The molecule has 0 aromatic carbocycles. The topological polar surface area (TPSA) is 0 Å². The van der Waals surface area contributed by atoms with Crippen molar-refractivity contribution in [2.75, 3.05) is 0 Å². The van der Waals surface area contributed by atoms with E-state index in [1.165, 1.54) is 12.8 Å². The van der Waals surface area contributed by atoms with Crippen LogP contribution in [0.3, 0.4) is 0 Å². The molecule has 2 aliphatic carbocycles. The first-order valence-corrected chi connectivity index (χ1v) is 9.91. The van der Waals surface area contributed by atoms with Gasteiger partial charge in [0.15, 0.2) is 0 Å². The number of rotatable bonds is 1. The fourth-order valence-electron chi connectivity index (χ4n) is 3.52. The molecule has 0 aromatic rings. The van der Waals surface area contributed by atoms with Gasteiger partial charge in [-0.15, -0.1) is 33.2 Å². The summed E-state index contributed by atoms with van der Waals surface area (Å²) in [5.74, 6) is 0.802. The zero-order valence-corrected chi connectivity index (χ0v) is 11.3. The molecule has 2 saturated carbocycles. The molecule has 0 spiro atoms. The summed E-state index contributed by atoms with van der Waals surface area (Å²) >= 11 is 18.8. The maximum absolute atomic E-state index is 6.28. The summed E-state index contributed by atoms with van der Waals surface area (Å²) in [7, 11) is 0. The first kappa shape index (κ1) is 10.6. The summed E-state index contributed by atoms with van der Waals surface area (Å²) in [6, 6.07) is -2.55. The summed E-state index contributed by atoms with van der Waals surface area (Å²) in [6.45, 7) is 4.60. The molecule has 0 N–H and O–H groups in total. The lowest BCUT2D eigenvalue weighted by atomic mass is 9.81. The van der Waals surface area contributed by atoms with Crippen LogP contribution in [-0.4, -0.2) is 6.00 Å². The number of halogens is 3. The van der Waals surface area contributed by atoms with E-state index in [1.54, 1.807) is 0 Å². The largest absolute Gasteiger partial charge is 0.347 e. The maximum atomic E-state index is 6.28. The molecule has 2 rings (SSSR count). The molecule has 0 heterocycles. The second kappa shape index (κ2) is 2.81. The molecule has 4 heteroatoms. The summed E-state index contributed by atoms with van der Waals surface area (Å²) in [6.07, 6.45) is 4.84. The van der Waals surface area contributed by atoms with E-state index in [9.17, 15) is 0 Å². The molecule has 0 unspecified atom stereocenters. The van der Waals surface area contributed by atoms with Crippen molar-refractivity contribution >= 4 is 39.2 Å². The number of fused-ring (bicyclic) bond motifs is 2. The van der Waals surface area contributed by atoms with Gasteiger partial charge in [-0.2, -0.15) is 0 Å². The van der Waals surface area contributed by atoms with Gasteiger partial charge in [0.25, 0.3) is 0 Å². The van der Waals surface area contributed by atoms with E-state index < -0.39 is 6.00 Å². The average molecular weight is 258 g/mol. The zero-order valence-electron chi connectivity index (χ0n) is 8.04. The van der Waals surface area contributed by atoms with Crippen molar-refractivity contribution in [3.8, 4) is 0 Å². The smallest absolute Gasteiger partial charge is 0.125 e. The van der Waals surface area contributed by atoms with Crippen LogP contribution in [-0.2, 0) is 0 Å². The molecule has 13 heavy (non-hydrogen) atoms. The van der Waals surface area contributed by atoms with E-state index in [2.05, 4.69) is 13.8 Å². The Kier molecular flexibility index (Phi) is 2.29. The van der Waals surface area contributed by atoms with Crippen molar-refractivity contribution < 1.29 is 0 Å². The van der Waals surface area contributed by atoms with Crippen LogP contribution in [0, 0.1) is 11.3 Å².